The van der Waals surface area contributed by atoms with Crippen LogP contribution in [-0.2, 0) is 19.3 Å². The van der Waals surface area contributed by atoms with Gasteiger partial charge in [-0.05, 0) is 59.9 Å². The van der Waals surface area contributed by atoms with Crippen LogP contribution in [0.1, 0.15) is 136 Å². The summed E-state index contributed by atoms with van der Waals surface area (Å²) < 4.78 is 0. The third-order valence-corrected chi connectivity index (χ3v) is 7.20. The highest BCUT2D eigenvalue weighted by Gasteiger charge is 1.97. The molecule has 0 aliphatic heterocycles. The highest BCUT2D eigenvalue weighted by atomic mass is 14.9. The minimum absolute atomic E-state index is 0. The maximum Gasteiger partial charge on any atom is 0.108 e. The van der Waals surface area contributed by atoms with Crippen molar-refractivity contribution in [3.63, 3.8) is 0 Å². The summed E-state index contributed by atoms with van der Waals surface area (Å²) in [4.78, 5) is 17.1. The maximum atomic E-state index is 4.06. The van der Waals surface area contributed by atoms with E-state index in [9.17, 15) is 0 Å². The van der Waals surface area contributed by atoms with E-state index in [4.69, 9.17) is 0 Å². The van der Waals surface area contributed by atoms with E-state index in [1.54, 1.807) is 12.5 Å². The van der Waals surface area contributed by atoms with Crippen LogP contribution in [0, 0.1) is 0 Å². The second-order valence-corrected chi connectivity index (χ2v) is 12.1. The van der Waals surface area contributed by atoms with Gasteiger partial charge in [0.05, 0.1) is 6.33 Å². The van der Waals surface area contributed by atoms with Crippen molar-refractivity contribution in [3.8, 4) is 0 Å². The summed E-state index contributed by atoms with van der Waals surface area (Å²) in [6, 6.07) is 35.5. The Labute approximate surface area is 313 Å². The summed E-state index contributed by atoms with van der Waals surface area (Å²) in [6.45, 7) is 19.3. The van der Waals surface area contributed by atoms with E-state index in [1.165, 1.54) is 28.1 Å². The minimum atomic E-state index is 0. The molecular weight excluding hydrogens is 623 g/mol. The number of aryl methyl sites for hydroxylation is 3. The highest BCUT2D eigenvalue weighted by molar-refractivity contribution is 5.15. The Kier molecular flexibility index (Phi) is 32.4. The number of hydrogen-bond donors (Lipinski definition) is 3. The van der Waals surface area contributed by atoms with Gasteiger partial charge in [-0.2, -0.15) is 0 Å². The number of nitrogens with zero attached hydrogens (tertiary/aromatic N) is 2. The van der Waals surface area contributed by atoms with Gasteiger partial charge in [-0.3, -0.25) is 0 Å². The topological polar surface area (TPSA) is 73.2 Å². The molecular formula is C46H73N5. The molecule has 0 spiro atoms. The van der Waals surface area contributed by atoms with Gasteiger partial charge in [-0.15, -0.1) is 0 Å². The molecule has 0 radical (unpaired) electrons. The number of H-pyrrole nitrogens is 3. The zero-order valence-electron chi connectivity index (χ0n) is 30.9. The Morgan fingerprint density at radius 3 is 1.08 bits per heavy atom. The number of rotatable bonds is 6. The van der Waals surface area contributed by atoms with E-state index >= 15 is 0 Å². The molecule has 3 aromatic carbocycles. The van der Waals surface area contributed by atoms with Crippen LogP contribution in [0.5, 0.6) is 0 Å². The largest absolute Gasteiger partial charge is 0.365 e. The van der Waals surface area contributed by atoms with Crippen LogP contribution in [0.15, 0.2) is 134 Å². The molecule has 51 heavy (non-hydrogen) atoms. The lowest BCUT2D eigenvalue weighted by Gasteiger charge is -1.97. The van der Waals surface area contributed by atoms with Crippen LogP contribution < -0.4 is 0 Å². The fraction of sp³-hybridized carbons (Fsp3) is 0.391. The standard InChI is InChI=1S/3C8H10.C7H11N.2C6H10N2.3CH4/c3*1-2-8-6-4-3-5-7-8;1-6(2)7-4-3-5-8-7;1-5(2)6-3-7-4-8-6;1-5(2)6-7-3-4-8-6;;;/h3*3-7H,2H2,1H3;3-6,8H,1-2H3;2*3-5H,1-2H3,(H,7,8);3*1H4. The van der Waals surface area contributed by atoms with E-state index in [-0.39, 0.29) is 22.3 Å². The predicted octanol–water partition coefficient (Wildman–Crippen LogP) is 13.9. The fourth-order valence-electron chi connectivity index (χ4n) is 4.02. The van der Waals surface area contributed by atoms with Gasteiger partial charge < -0.3 is 15.0 Å². The van der Waals surface area contributed by atoms with Gasteiger partial charge >= 0.3 is 0 Å². The lowest BCUT2D eigenvalue weighted by Crippen LogP contribution is -1.87. The summed E-state index contributed by atoms with van der Waals surface area (Å²) in [6.07, 6.45) is 12.5. The van der Waals surface area contributed by atoms with Gasteiger partial charge in [0.25, 0.3) is 0 Å². The number of hydrogen-bond acceptors (Lipinski definition) is 2. The first kappa shape index (κ1) is 50.7. The smallest absolute Gasteiger partial charge is 0.108 e. The molecule has 0 aliphatic carbocycles. The van der Waals surface area contributed by atoms with Crippen molar-refractivity contribution in [2.24, 2.45) is 0 Å². The van der Waals surface area contributed by atoms with Crippen LogP contribution in [-0.4, -0.2) is 24.9 Å². The van der Waals surface area contributed by atoms with Crippen LogP contribution >= 0.6 is 0 Å². The van der Waals surface area contributed by atoms with Gasteiger partial charge in [0, 0.05) is 42.1 Å². The average molecular weight is 696 g/mol. The van der Waals surface area contributed by atoms with Crippen molar-refractivity contribution in [3.05, 3.63) is 168 Å². The number of aromatic nitrogens is 5. The molecule has 0 saturated heterocycles. The van der Waals surface area contributed by atoms with Crippen molar-refractivity contribution in [1.29, 1.82) is 0 Å². The molecule has 0 fully saturated rings. The molecule has 0 amide bonds. The third-order valence-electron chi connectivity index (χ3n) is 7.20. The molecule has 0 unspecified atom stereocenters. The summed E-state index contributed by atoms with van der Waals surface area (Å²) in [5.74, 6) is 2.78. The fourth-order valence-corrected chi connectivity index (χ4v) is 4.02. The van der Waals surface area contributed by atoms with Gasteiger partial charge in [0.1, 0.15) is 5.82 Å². The average Bonchev–Trinajstić information content (AvgIpc) is 3.96. The summed E-state index contributed by atoms with van der Waals surface area (Å²) >= 11 is 0. The summed E-state index contributed by atoms with van der Waals surface area (Å²) in [7, 11) is 0. The normalized spacial score (nSPS) is 9.18. The van der Waals surface area contributed by atoms with Crippen LogP contribution in [0.4, 0.5) is 0 Å². The Bertz CT molecular complexity index is 1270. The Morgan fingerprint density at radius 1 is 0.471 bits per heavy atom. The molecule has 3 heterocycles. The van der Waals surface area contributed by atoms with Crippen LogP contribution in [0.25, 0.3) is 0 Å². The molecule has 6 rings (SSSR count). The lowest BCUT2D eigenvalue weighted by atomic mass is 10.1. The lowest BCUT2D eigenvalue weighted by molar-refractivity contribution is 0.794. The van der Waals surface area contributed by atoms with Gasteiger partial charge in [0.2, 0.25) is 0 Å². The number of nitrogens with one attached hydrogen (secondary N) is 3. The van der Waals surface area contributed by atoms with Gasteiger partial charge in [0.15, 0.2) is 0 Å². The predicted molar refractivity (Wildman–Crippen MR) is 228 cm³/mol. The molecule has 5 heteroatoms. The zero-order chi connectivity index (χ0) is 35.4. The zero-order valence-corrected chi connectivity index (χ0v) is 30.9. The molecule has 6 aromatic rings. The maximum absolute atomic E-state index is 4.06. The molecule has 5 nitrogen and oxygen atoms in total. The molecule has 0 bridgehead atoms. The molecule has 0 saturated carbocycles. The van der Waals surface area contributed by atoms with Crippen molar-refractivity contribution >= 4 is 0 Å². The highest BCUT2D eigenvalue weighted by Crippen LogP contribution is 2.09. The minimum Gasteiger partial charge on any atom is -0.365 e. The molecule has 282 valence electrons. The Morgan fingerprint density at radius 2 is 0.902 bits per heavy atom. The number of benzene rings is 3. The number of aromatic amines is 3. The first-order valence-corrected chi connectivity index (χ1v) is 17.4. The molecule has 0 aliphatic rings. The molecule has 0 atom stereocenters. The van der Waals surface area contributed by atoms with E-state index in [0.29, 0.717) is 17.8 Å². The molecule has 3 N–H and O–H groups in total. The Hall–Kier alpha value is -4.64. The summed E-state index contributed by atoms with van der Waals surface area (Å²) in [5, 5.41) is 0. The van der Waals surface area contributed by atoms with Crippen LogP contribution in [0.3, 0.4) is 0 Å². The monoisotopic (exact) mass is 696 g/mol. The second kappa shape index (κ2) is 32.6. The van der Waals surface area contributed by atoms with E-state index in [2.05, 4.69) is 166 Å². The van der Waals surface area contributed by atoms with E-state index in [1.807, 2.05) is 42.9 Å². The van der Waals surface area contributed by atoms with Crippen LogP contribution in [0.2, 0.25) is 0 Å². The van der Waals surface area contributed by atoms with Gasteiger partial charge in [-0.1, -0.05) is 176 Å². The number of imidazole rings is 2. The van der Waals surface area contributed by atoms with E-state index in [0.717, 1.165) is 25.1 Å². The Balaban J connectivity index is -0.000000536. The van der Waals surface area contributed by atoms with Crippen molar-refractivity contribution in [2.45, 2.75) is 122 Å². The first-order chi connectivity index (χ1) is 23.2. The van der Waals surface area contributed by atoms with E-state index < -0.39 is 0 Å². The van der Waals surface area contributed by atoms with Crippen molar-refractivity contribution in [2.75, 3.05) is 0 Å². The molecule has 3 aromatic heterocycles. The summed E-state index contributed by atoms with van der Waals surface area (Å²) in [5.41, 5.74) is 6.74. The van der Waals surface area contributed by atoms with Crippen molar-refractivity contribution in [1.82, 2.24) is 24.9 Å². The third kappa shape index (κ3) is 25.0. The quantitative estimate of drug-likeness (QED) is 0.162. The second-order valence-electron chi connectivity index (χ2n) is 12.1. The van der Waals surface area contributed by atoms with Crippen molar-refractivity contribution < 1.29 is 0 Å². The SMILES string of the molecule is C.C.C.CC(C)c1ccc[nH]1.CC(C)c1cnc[nH]1.CC(C)c1ncc[nH]1.CCc1ccccc1.CCc1ccccc1.CCc1ccccc1. The van der Waals surface area contributed by atoms with Gasteiger partial charge in [-0.25, -0.2) is 9.97 Å². The first-order valence-electron chi connectivity index (χ1n) is 17.4.